The van der Waals surface area contributed by atoms with Gasteiger partial charge in [0.25, 0.3) is 0 Å². The van der Waals surface area contributed by atoms with Gasteiger partial charge in [-0.25, -0.2) is 0 Å². The van der Waals surface area contributed by atoms with Crippen LogP contribution in [0.3, 0.4) is 0 Å². The highest BCUT2D eigenvalue weighted by atomic mass is 16.3. The number of para-hydroxylation sites is 1. The number of nitrogens with one attached hydrogen (secondary N) is 1. The number of ketones is 1. The third-order valence-electron chi connectivity index (χ3n) is 5.38. The van der Waals surface area contributed by atoms with Gasteiger partial charge in [0.05, 0.1) is 6.54 Å². The van der Waals surface area contributed by atoms with Gasteiger partial charge in [0.15, 0.2) is 5.78 Å². The highest BCUT2D eigenvalue weighted by Crippen LogP contribution is 2.25. The molecular formula is C23H24N2O2. The van der Waals surface area contributed by atoms with Crippen molar-refractivity contribution >= 4 is 22.3 Å². The van der Waals surface area contributed by atoms with E-state index in [-0.39, 0.29) is 11.5 Å². The number of aromatic amines is 1. The summed E-state index contributed by atoms with van der Waals surface area (Å²) in [5.41, 5.74) is 5.52. The zero-order valence-corrected chi connectivity index (χ0v) is 15.5. The summed E-state index contributed by atoms with van der Waals surface area (Å²) in [4.78, 5) is 18.3. The van der Waals surface area contributed by atoms with Gasteiger partial charge in [-0.3, -0.25) is 9.69 Å². The van der Waals surface area contributed by atoms with E-state index in [2.05, 4.69) is 29.0 Å². The number of H-pyrrole nitrogens is 1. The van der Waals surface area contributed by atoms with Crippen LogP contribution < -0.4 is 0 Å². The summed E-state index contributed by atoms with van der Waals surface area (Å²) in [5.74, 6) is 0.448. The van der Waals surface area contributed by atoms with E-state index in [9.17, 15) is 9.90 Å². The second-order valence-corrected chi connectivity index (χ2v) is 7.08. The van der Waals surface area contributed by atoms with Gasteiger partial charge in [-0.05, 0) is 41.7 Å². The van der Waals surface area contributed by atoms with E-state index in [0.29, 0.717) is 6.54 Å². The van der Waals surface area contributed by atoms with Crippen LogP contribution in [0.15, 0.2) is 54.7 Å². The molecule has 2 aromatic carbocycles. The largest absolute Gasteiger partial charge is 0.508 e. The molecule has 1 aliphatic rings. The molecule has 0 aliphatic carbocycles. The lowest BCUT2D eigenvalue weighted by Crippen LogP contribution is -2.33. The number of carbonyl (C=O) groups excluding carboxylic acids is 1. The van der Waals surface area contributed by atoms with Gasteiger partial charge in [0.1, 0.15) is 5.75 Å². The number of nitrogens with zero attached hydrogens (tertiary/aromatic N) is 1. The molecule has 1 aromatic heterocycles. The minimum atomic E-state index is 0.163. The standard InChI is InChI=1S/C23H24N2O2/c1-2-16-4-3-5-20-21(14-24-23(16)20)22(27)15-25-12-10-18(11-13-25)17-6-8-19(26)9-7-17/h3-10,14,24,26H,2,11-13,15H2,1H3. The van der Waals surface area contributed by atoms with E-state index in [1.54, 1.807) is 12.1 Å². The first kappa shape index (κ1) is 17.6. The Labute approximate surface area is 159 Å². The predicted molar refractivity (Wildman–Crippen MR) is 109 cm³/mol. The number of phenols is 1. The molecule has 138 valence electrons. The number of hydrogen-bond acceptors (Lipinski definition) is 3. The SMILES string of the molecule is CCc1cccc2c(C(=O)CN3CC=C(c4ccc(O)cc4)CC3)c[nH]c12. The van der Waals surface area contributed by atoms with Crippen LogP contribution in [0, 0.1) is 0 Å². The molecule has 0 saturated carbocycles. The maximum atomic E-state index is 12.9. The van der Waals surface area contributed by atoms with Crippen molar-refractivity contribution in [3.05, 3.63) is 71.4 Å². The number of hydrogen-bond donors (Lipinski definition) is 2. The van der Waals surface area contributed by atoms with Crippen LogP contribution in [0.5, 0.6) is 5.75 Å². The minimum Gasteiger partial charge on any atom is -0.508 e. The maximum absolute atomic E-state index is 12.9. The fraction of sp³-hybridized carbons (Fsp3) is 0.261. The predicted octanol–water partition coefficient (Wildman–Crippen LogP) is 4.41. The molecule has 0 unspecified atom stereocenters. The molecule has 3 aromatic rings. The highest BCUT2D eigenvalue weighted by molar-refractivity contribution is 6.09. The Morgan fingerprint density at radius 3 is 2.70 bits per heavy atom. The van der Waals surface area contributed by atoms with Gasteiger partial charge in [0.2, 0.25) is 0 Å². The van der Waals surface area contributed by atoms with Crippen LogP contribution in [0.25, 0.3) is 16.5 Å². The molecule has 2 heterocycles. The number of aromatic hydroxyl groups is 1. The summed E-state index contributed by atoms with van der Waals surface area (Å²) in [6.45, 7) is 4.19. The van der Waals surface area contributed by atoms with E-state index in [4.69, 9.17) is 0 Å². The molecule has 1 aliphatic heterocycles. The van der Waals surface area contributed by atoms with Crippen LogP contribution in [0.2, 0.25) is 0 Å². The zero-order valence-electron chi connectivity index (χ0n) is 15.5. The molecule has 0 atom stereocenters. The fourth-order valence-corrected chi connectivity index (χ4v) is 3.82. The van der Waals surface area contributed by atoms with E-state index in [1.165, 1.54) is 11.1 Å². The Kier molecular flexibility index (Phi) is 4.82. The fourth-order valence-electron chi connectivity index (χ4n) is 3.82. The van der Waals surface area contributed by atoms with Crippen molar-refractivity contribution in [3.63, 3.8) is 0 Å². The molecule has 2 N–H and O–H groups in total. The van der Waals surface area contributed by atoms with Gasteiger partial charge >= 0.3 is 0 Å². The van der Waals surface area contributed by atoms with Crippen LogP contribution >= 0.6 is 0 Å². The quantitative estimate of drug-likeness (QED) is 0.663. The Morgan fingerprint density at radius 1 is 1.19 bits per heavy atom. The van der Waals surface area contributed by atoms with Crippen molar-refractivity contribution < 1.29 is 9.90 Å². The lowest BCUT2D eigenvalue weighted by atomic mass is 9.99. The van der Waals surface area contributed by atoms with Crippen molar-refractivity contribution in [2.45, 2.75) is 19.8 Å². The molecule has 0 saturated heterocycles. The van der Waals surface area contributed by atoms with Crippen molar-refractivity contribution in [1.82, 2.24) is 9.88 Å². The van der Waals surface area contributed by atoms with E-state index in [0.717, 1.165) is 48.0 Å². The summed E-state index contributed by atoms with van der Waals surface area (Å²) < 4.78 is 0. The van der Waals surface area contributed by atoms with Crippen molar-refractivity contribution in [2.75, 3.05) is 19.6 Å². The molecular weight excluding hydrogens is 336 g/mol. The Morgan fingerprint density at radius 2 is 2.00 bits per heavy atom. The third-order valence-corrected chi connectivity index (χ3v) is 5.38. The first-order valence-electron chi connectivity index (χ1n) is 9.48. The average molecular weight is 360 g/mol. The minimum absolute atomic E-state index is 0.163. The summed E-state index contributed by atoms with van der Waals surface area (Å²) >= 11 is 0. The van der Waals surface area contributed by atoms with Crippen LogP contribution in [0.4, 0.5) is 0 Å². The maximum Gasteiger partial charge on any atom is 0.178 e. The number of carbonyl (C=O) groups is 1. The van der Waals surface area contributed by atoms with Gasteiger partial charge in [-0.1, -0.05) is 43.3 Å². The van der Waals surface area contributed by atoms with E-state index >= 15 is 0 Å². The number of Topliss-reactive ketones (excluding diaryl/α,β-unsaturated/α-hetero) is 1. The molecule has 4 rings (SSSR count). The van der Waals surface area contributed by atoms with Gasteiger partial charge in [-0.15, -0.1) is 0 Å². The summed E-state index contributed by atoms with van der Waals surface area (Å²) in [7, 11) is 0. The normalized spacial score (nSPS) is 15.1. The Balaban J connectivity index is 1.46. The third kappa shape index (κ3) is 3.53. The number of rotatable bonds is 5. The summed E-state index contributed by atoms with van der Waals surface area (Å²) in [6.07, 6.45) is 5.90. The topological polar surface area (TPSA) is 56.3 Å². The zero-order chi connectivity index (χ0) is 18.8. The molecule has 4 nitrogen and oxygen atoms in total. The van der Waals surface area contributed by atoms with Gasteiger partial charge in [-0.2, -0.15) is 0 Å². The second-order valence-electron chi connectivity index (χ2n) is 7.08. The lowest BCUT2D eigenvalue weighted by molar-refractivity contribution is 0.0939. The molecule has 0 radical (unpaired) electrons. The molecule has 0 spiro atoms. The molecule has 27 heavy (non-hydrogen) atoms. The molecule has 4 heteroatoms. The average Bonchev–Trinajstić information content (AvgIpc) is 3.13. The number of benzene rings is 2. The second kappa shape index (κ2) is 7.41. The number of fused-ring (bicyclic) bond motifs is 1. The van der Waals surface area contributed by atoms with Crippen molar-refractivity contribution in [3.8, 4) is 5.75 Å². The summed E-state index contributed by atoms with van der Waals surface area (Å²) in [6, 6.07) is 13.5. The number of phenolic OH excluding ortho intramolecular Hbond substituents is 1. The van der Waals surface area contributed by atoms with Crippen molar-refractivity contribution in [2.24, 2.45) is 0 Å². The Hall–Kier alpha value is -2.85. The molecule has 0 bridgehead atoms. The first-order valence-corrected chi connectivity index (χ1v) is 9.48. The van der Waals surface area contributed by atoms with Crippen LogP contribution in [-0.4, -0.2) is 40.4 Å². The highest BCUT2D eigenvalue weighted by Gasteiger charge is 2.19. The summed E-state index contributed by atoms with van der Waals surface area (Å²) in [5, 5.41) is 10.5. The van der Waals surface area contributed by atoms with Crippen LogP contribution in [0.1, 0.15) is 34.8 Å². The number of aromatic nitrogens is 1. The van der Waals surface area contributed by atoms with Gasteiger partial charge in [0, 0.05) is 35.8 Å². The smallest absolute Gasteiger partial charge is 0.178 e. The van der Waals surface area contributed by atoms with Crippen LogP contribution in [-0.2, 0) is 6.42 Å². The first-order chi connectivity index (χ1) is 13.2. The van der Waals surface area contributed by atoms with Gasteiger partial charge < -0.3 is 10.1 Å². The van der Waals surface area contributed by atoms with E-state index < -0.39 is 0 Å². The lowest BCUT2D eigenvalue weighted by Gasteiger charge is -2.25. The molecule has 0 fully saturated rings. The Bertz CT molecular complexity index is 999. The van der Waals surface area contributed by atoms with Crippen molar-refractivity contribution in [1.29, 1.82) is 0 Å². The molecule has 0 amide bonds. The van der Waals surface area contributed by atoms with E-state index in [1.807, 2.05) is 30.5 Å². The number of aryl methyl sites for hydroxylation is 1. The monoisotopic (exact) mass is 360 g/mol.